The zero-order chi connectivity index (χ0) is 13.0. The van der Waals surface area contributed by atoms with Crippen molar-refractivity contribution in [3.8, 4) is 5.69 Å². The Balaban J connectivity index is 2.28. The van der Waals surface area contributed by atoms with E-state index in [1.165, 1.54) is 0 Å². The van der Waals surface area contributed by atoms with Gasteiger partial charge in [-0.25, -0.2) is 4.98 Å². The maximum Gasteiger partial charge on any atom is 0.0992 e. The fourth-order valence-electron chi connectivity index (χ4n) is 2.16. The summed E-state index contributed by atoms with van der Waals surface area (Å²) in [5.41, 5.74) is 2.31. The van der Waals surface area contributed by atoms with Gasteiger partial charge in [0.1, 0.15) is 0 Å². The lowest BCUT2D eigenvalue weighted by atomic mass is 10.0. The topological polar surface area (TPSA) is 29.9 Å². The van der Waals surface area contributed by atoms with E-state index in [4.69, 9.17) is 0 Å². The van der Waals surface area contributed by atoms with Gasteiger partial charge in [-0.3, -0.25) is 0 Å². The molecule has 3 heteroatoms. The lowest BCUT2D eigenvalue weighted by Gasteiger charge is -2.23. The summed E-state index contributed by atoms with van der Waals surface area (Å²) in [6, 6.07) is 8.85. The lowest BCUT2D eigenvalue weighted by Crippen LogP contribution is -2.25. The quantitative estimate of drug-likeness (QED) is 0.867. The van der Waals surface area contributed by atoms with E-state index in [2.05, 4.69) is 55.3 Å². The Labute approximate surface area is 109 Å². The highest BCUT2D eigenvalue weighted by Crippen LogP contribution is 2.22. The summed E-state index contributed by atoms with van der Waals surface area (Å²) in [6.45, 7) is 6.72. The number of anilines is 1. The monoisotopic (exact) mass is 243 g/mol. The number of hydrogen-bond acceptors (Lipinski definition) is 2. The molecule has 1 unspecified atom stereocenters. The second-order valence-corrected chi connectivity index (χ2v) is 4.89. The van der Waals surface area contributed by atoms with Gasteiger partial charge in [0.2, 0.25) is 0 Å². The first-order valence-electron chi connectivity index (χ1n) is 6.56. The second-order valence-electron chi connectivity index (χ2n) is 4.89. The van der Waals surface area contributed by atoms with Crippen LogP contribution in [-0.2, 0) is 0 Å². The maximum absolute atomic E-state index is 4.11. The minimum Gasteiger partial charge on any atom is -0.380 e. The SMILES string of the molecule is CCC(Nc1ccccc1-n1ccnc1)C(C)C. The molecule has 1 heterocycles. The van der Waals surface area contributed by atoms with Crippen LogP contribution in [0.3, 0.4) is 0 Å². The molecule has 0 radical (unpaired) electrons. The molecule has 0 saturated heterocycles. The molecule has 1 aromatic carbocycles. The number of imidazole rings is 1. The predicted octanol–water partition coefficient (Wildman–Crippen LogP) is 3.72. The largest absolute Gasteiger partial charge is 0.380 e. The highest BCUT2D eigenvalue weighted by molar-refractivity contribution is 5.61. The third-order valence-electron chi connectivity index (χ3n) is 3.27. The average Bonchev–Trinajstić information content (AvgIpc) is 2.89. The number of para-hydroxylation sites is 2. The van der Waals surface area contributed by atoms with Crippen LogP contribution >= 0.6 is 0 Å². The van der Waals surface area contributed by atoms with Crippen molar-refractivity contribution in [3.05, 3.63) is 43.0 Å². The number of hydrogen-bond donors (Lipinski definition) is 1. The second kappa shape index (κ2) is 5.71. The van der Waals surface area contributed by atoms with E-state index in [0.717, 1.165) is 17.8 Å². The lowest BCUT2D eigenvalue weighted by molar-refractivity contribution is 0.511. The molecule has 96 valence electrons. The molecule has 0 fully saturated rings. The number of nitrogens with one attached hydrogen (secondary N) is 1. The van der Waals surface area contributed by atoms with Crippen LogP contribution in [-0.4, -0.2) is 15.6 Å². The Hall–Kier alpha value is -1.77. The minimum absolute atomic E-state index is 0.495. The number of benzene rings is 1. The van der Waals surface area contributed by atoms with E-state index >= 15 is 0 Å². The van der Waals surface area contributed by atoms with E-state index in [-0.39, 0.29) is 0 Å². The highest BCUT2D eigenvalue weighted by Gasteiger charge is 2.12. The smallest absolute Gasteiger partial charge is 0.0992 e. The van der Waals surface area contributed by atoms with Crippen LogP contribution in [0.15, 0.2) is 43.0 Å². The molecule has 2 rings (SSSR count). The fourth-order valence-corrected chi connectivity index (χ4v) is 2.16. The molecule has 0 saturated carbocycles. The van der Waals surface area contributed by atoms with Gasteiger partial charge in [-0.2, -0.15) is 0 Å². The summed E-state index contributed by atoms with van der Waals surface area (Å²) in [4.78, 5) is 4.11. The Morgan fingerprint density at radius 2 is 2.06 bits per heavy atom. The van der Waals surface area contributed by atoms with E-state index in [1.807, 2.05) is 17.1 Å². The Morgan fingerprint density at radius 3 is 2.67 bits per heavy atom. The molecular weight excluding hydrogens is 222 g/mol. The Bertz CT molecular complexity index is 474. The fraction of sp³-hybridized carbons (Fsp3) is 0.400. The third kappa shape index (κ3) is 2.73. The zero-order valence-corrected chi connectivity index (χ0v) is 11.3. The summed E-state index contributed by atoms with van der Waals surface area (Å²) in [7, 11) is 0. The number of aromatic nitrogens is 2. The third-order valence-corrected chi connectivity index (χ3v) is 3.27. The van der Waals surface area contributed by atoms with Gasteiger partial charge < -0.3 is 9.88 Å². The summed E-state index contributed by atoms with van der Waals surface area (Å²) in [5, 5.41) is 3.64. The highest BCUT2D eigenvalue weighted by atomic mass is 15.1. The van der Waals surface area contributed by atoms with Gasteiger partial charge in [0.25, 0.3) is 0 Å². The van der Waals surface area contributed by atoms with Gasteiger partial charge in [0, 0.05) is 18.4 Å². The number of nitrogens with zero attached hydrogens (tertiary/aromatic N) is 2. The molecule has 0 spiro atoms. The van der Waals surface area contributed by atoms with Crippen molar-refractivity contribution in [2.75, 3.05) is 5.32 Å². The molecule has 0 aliphatic heterocycles. The van der Waals surface area contributed by atoms with Gasteiger partial charge >= 0.3 is 0 Å². The van der Waals surface area contributed by atoms with Crippen molar-refractivity contribution in [3.63, 3.8) is 0 Å². The Morgan fingerprint density at radius 1 is 1.28 bits per heavy atom. The van der Waals surface area contributed by atoms with E-state index < -0.39 is 0 Å². The van der Waals surface area contributed by atoms with Crippen LogP contribution in [0.4, 0.5) is 5.69 Å². The molecule has 0 aliphatic rings. The molecule has 0 aliphatic carbocycles. The molecule has 1 aromatic heterocycles. The molecule has 3 nitrogen and oxygen atoms in total. The van der Waals surface area contributed by atoms with Crippen molar-refractivity contribution >= 4 is 5.69 Å². The van der Waals surface area contributed by atoms with Crippen LogP contribution in [0.2, 0.25) is 0 Å². The predicted molar refractivity (Wildman–Crippen MR) is 76.1 cm³/mol. The summed E-state index contributed by atoms with van der Waals surface area (Å²) in [6.07, 6.45) is 6.72. The van der Waals surface area contributed by atoms with Crippen molar-refractivity contribution in [2.24, 2.45) is 5.92 Å². The molecule has 1 N–H and O–H groups in total. The minimum atomic E-state index is 0.495. The maximum atomic E-state index is 4.11. The van der Waals surface area contributed by atoms with Crippen molar-refractivity contribution in [1.82, 2.24) is 9.55 Å². The molecule has 0 bridgehead atoms. The van der Waals surface area contributed by atoms with Crippen LogP contribution in [0.1, 0.15) is 27.2 Å². The van der Waals surface area contributed by atoms with Crippen LogP contribution in [0.5, 0.6) is 0 Å². The van der Waals surface area contributed by atoms with Gasteiger partial charge in [0.05, 0.1) is 17.7 Å². The summed E-state index contributed by atoms with van der Waals surface area (Å²) < 4.78 is 2.04. The van der Waals surface area contributed by atoms with E-state index in [9.17, 15) is 0 Å². The first-order valence-corrected chi connectivity index (χ1v) is 6.56. The van der Waals surface area contributed by atoms with Gasteiger partial charge in [-0.05, 0) is 24.5 Å². The number of rotatable bonds is 5. The normalized spacial score (nSPS) is 12.7. The summed E-state index contributed by atoms with van der Waals surface area (Å²) >= 11 is 0. The zero-order valence-electron chi connectivity index (χ0n) is 11.3. The molecule has 1 atom stereocenters. The van der Waals surface area contributed by atoms with Crippen LogP contribution < -0.4 is 5.32 Å². The molecule has 0 amide bonds. The van der Waals surface area contributed by atoms with Gasteiger partial charge in [0.15, 0.2) is 0 Å². The summed E-state index contributed by atoms with van der Waals surface area (Å²) in [5.74, 6) is 0.617. The Kier molecular flexibility index (Phi) is 4.03. The van der Waals surface area contributed by atoms with Crippen molar-refractivity contribution in [2.45, 2.75) is 33.2 Å². The molecule has 18 heavy (non-hydrogen) atoms. The average molecular weight is 243 g/mol. The first-order chi connectivity index (χ1) is 8.72. The molecule has 2 aromatic rings. The van der Waals surface area contributed by atoms with E-state index in [0.29, 0.717) is 12.0 Å². The standard InChI is InChI=1S/C15H21N3/c1-4-13(12(2)3)17-14-7-5-6-8-15(14)18-10-9-16-11-18/h5-13,17H,4H2,1-3H3. The van der Waals surface area contributed by atoms with Gasteiger partial charge in [-0.1, -0.05) is 32.9 Å². The van der Waals surface area contributed by atoms with Crippen molar-refractivity contribution in [1.29, 1.82) is 0 Å². The van der Waals surface area contributed by atoms with Gasteiger partial charge in [-0.15, -0.1) is 0 Å². The van der Waals surface area contributed by atoms with E-state index in [1.54, 1.807) is 6.20 Å². The van der Waals surface area contributed by atoms with Crippen LogP contribution in [0.25, 0.3) is 5.69 Å². The first kappa shape index (κ1) is 12.7. The van der Waals surface area contributed by atoms with Crippen LogP contribution in [0, 0.1) is 5.92 Å². The molecular formula is C15H21N3. The van der Waals surface area contributed by atoms with Crippen molar-refractivity contribution < 1.29 is 0 Å².